The van der Waals surface area contributed by atoms with E-state index < -0.39 is 0 Å². The van der Waals surface area contributed by atoms with Crippen LogP contribution in [0.4, 0.5) is 0 Å². The average Bonchev–Trinajstić information content (AvgIpc) is 3.18. The molecular weight excluding hydrogens is 318 g/mol. The number of ether oxygens (including phenoxy) is 4. The Bertz CT molecular complexity index is 612. The Labute approximate surface area is 150 Å². The summed E-state index contributed by atoms with van der Waals surface area (Å²) in [5, 5.41) is 3.52. The second-order valence-electron chi connectivity index (χ2n) is 7.56. The monoisotopic (exact) mass is 347 g/mol. The first kappa shape index (κ1) is 17.1. The summed E-state index contributed by atoms with van der Waals surface area (Å²) in [4.78, 5) is 0. The molecule has 1 saturated carbocycles. The molecule has 138 valence electrons. The Balaban J connectivity index is 1.34. The molecule has 0 aromatic heterocycles. The van der Waals surface area contributed by atoms with Crippen LogP contribution in [0.3, 0.4) is 0 Å². The van der Waals surface area contributed by atoms with E-state index in [0.717, 1.165) is 49.4 Å². The van der Waals surface area contributed by atoms with Gasteiger partial charge >= 0.3 is 0 Å². The zero-order chi connectivity index (χ0) is 17.3. The van der Waals surface area contributed by atoms with Gasteiger partial charge in [-0.1, -0.05) is 6.42 Å². The Morgan fingerprint density at radius 2 is 2.08 bits per heavy atom. The predicted octanol–water partition coefficient (Wildman–Crippen LogP) is 3.18. The van der Waals surface area contributed by atoms with Gasteiger partial charge in [0.25, 0.3) is 0 Å². The van der Waals surface area contributed by atoms with E-state index in [4.69, 9.17) is 18.9 Å². The van der Waals surface area contributed by atoms with E-state index in [-0.39, 0.29) is 18.0 Å². The standard InChI is InChI=1S/C20H29NO4/c1-14-8-15-9-17(22-2)10-16(19(15)24-14)11-21-12-18-13-23-20(25-18)6-4-3-5-7-20/h9-10,14,18,21H,3-8,11-13H2,1-2H3/t14-,18-/m1/s1. The van der Waals surface area contributed by atoms with E-state index in [1.165, 1.54) is 24.8 Å². The van der Waals surface area contributed by atoms with E-state index in [9.17, 15) is 0 Å². The van der Waals surface area contributed by atoms with Crippen molar-refractivity contribution in [1.29, 1.82) is 0 Å². The number of benzene rings is 1. The summed E-state index contributed by atoms with van der Waals surface area (Å²) in [5.74, 6) is 1.63. The molecule has 0 bridgehead atoms. The molecule has 4 rings (SSSR count). The quantitative estimate of drug-likeness (QED) is 0.886. The fraction of sp³-hybridized carbons (Fsp3) is 0.700. The smallest absolute Gasteiger partial charge is 0.168 e. The Morgan fingerprint density at radius 1 is 1.24 bits per heavy atom. The molecule has 1 spiro atoms. The van der Waals surface area contributed by atoms with Crippen molar-refractivity contribution < 1.29 is 18.9 Å². The first-order valence-corrected chi connectivity index (χ1v) is 9.56. The molecule has 0 amide bonds. The third-order valence-corrected chi connectivity index (χ3v) is 5.49. The molecule has 2 heterocycles. The average molecular weight is 347 g/mol. The van der Waals surface area contributed by atoms with Gasteiger partial charge in [-0.2, -0.15) is 0 Å². The lowest BCUT2D eigenvalue weighted by molar-refractivity contribution is -0.186. The maximum absolute atomic E-state index is 6.24. The molecule has 3 aliphatic rings. The summed E-state index contributed by atoms with van der Waals surface area (Å²) in [7, 11) is 1.71. The number of fused-ring (bicyclic) bond motifs is 1. The van der Waals surface area contributed by atoms with Gasteiger partial charge in [0.2, 0.25) is 0 Å². The minimum Gasteiger partial charge on any atom is -0.497 e. The highest BCUT2D eigenvalue weighted by Crippen LogP contribution is 2.38. The van der Waals surface area contributed by atoms with Crippen molar-refractivity contribution in [3.05, 3.63) is 23.3 Å². The molecule has 5 heteroatoms. The highest BCUT2D eigenvalue weighted by Gasteiger charge is 2.41. The van der Waals surface area contributed by atoms with Crippen LogP contribution in [-0.2, 0) is 22.4 Å². The molecule has 1 aliphatic carbocycles. The van der Waals surface area contributed by atoms with Gasteiger partial charge in [-0.25, -0.2) is 0 Å². The number of hydrogen-bond donors (Lipinski definition) is 1. The van der Waals surface area contributed by atoms with Crippen molar-refractivity contribution in [3.8, 4) is 11.5 Å². The molecule has 1 aromatic rings. The van der Waals surface area contributed by atoms with Gasteiger partial charge < -0.3 is 24.3 Å². The zero-order valence-electron chi connectivity index (χ0n) is 15.3. The van der Waals surface area contributed by atoms with Crippen LogP contribution in [0.1, 0.15) is 50.2 Å². The molecule has 5 nitrogen and oxygen atoms in total. The molecule has 0 radical (unpaired) electrons. The van der Waals surface area contributed by atoms with Gasteiger partial charge in [0.15, 0.2) is 5.79 Å². The molecule has 25 heavy (non-hydrogen) atoms. The molecule has 2 aliphatic heterocycles. The van der Waals surface area contributed by atoms with E-state index in [0.29, 0.717) is 6.61 Å². The Kier molecular flexibility index (Phi) is 4.89. The van der Waals surface area contributed by atoms with Crippen LogP contribution in [0.25, 0.3) is 0 Å². The van der Waals surface area contributed by atoms with E-state index in [1.54, 1.807) is 7.11 Å². The van der Waals surface area contributed by atoms with Crippen molar-refractivity contribution in [1.82, 2.24) is 5.32 Å². The second kappa shape index (κ2) is 7.14. The van der Waals surface area contributed by atoms with Gasteiger partial charge in [-0.05, 0) is 31.9 Å². The van der Waals surface area contributed by atoms with Crippen molar-refractivity contribution >= 4 is 0 Å². The fourth-order valence-corrected chi connectivity index (χ4v) is 4.26. The maximum atomic E-state index is 6.24. The second-order valence-corrected chi connectivity index (χ2v) is 7.56. The first-order chi connectivity index (χ1) is 12.2. The van der Waals surface area contributed by atoms with Crippen molar-refractivity contribution in [2.75, 3.05) is 20.3 Å². The molecule has 1 N–H and O–H groups in total. The van der Waals surface area contributed by atoms with Gasteiger partial charge in [-0.15, -0.1) is 0 Å². The third kappa shape index (κ3) is 3.64. The van der Waals surface area contributed by atoms with Crippen LogP contribution in [0, 0.1) is 0 Å². The summed E-state index contributed by atoms with van der Waals surface area (Å²) in [6, 6.07) is 4.15. The van der Waals surface area contributed by atoms with Crippen LogP contribution in [0.2, 0.25) is 0 Å². The molecule has 1 aromatic carbocycles. The Morgan fingerprint density at radius 3 is 2.88 bits per heavy atom. The number of methoxy groups -OCH3 is 1. The highest BCUT2D eigenvalue weighted by atomic mass is 16.7. The van der Waals surface area contributed by atoms with Gasteiger partial charge in [-0.3, -0.25) is 0 Å². The summed E-state index contributed by atoms with van der Waals surface area (Å²) in [6.07, 6.45) is 7.13. The van der Waals surface area contributed by atoms with Gasteiger partial charge in [0.05, 0.1) is 19.8 Å². The fourth-order valence-electron chi connectivity index (χ4n) is 4.26. The first-order valence-electron chi connectivity index (χ1n) is 9.56. The Hall–Kier alpha value is -1.30. The van der Waals surface area contributed by atoms with Crippen molar-refractivity contribution in [2.45, 2.75) is 70.0 Å². The molecule has 1 saturated heterocycles. The van der Waals surface area contributed by atoms with E-state index in [1.807, 2.05) is 0 Å². The number of hydrogen-bond acceptors (Lipinski definition) is 5. The van der Waals surface area contributed by atoms with Crippen LogP contribution in [0.5, 0.6) is 11.5 Å². The third-order valence-electron chi connectivity index (χ3n) is 5.49. The van der Waals surface area contributed by atoms with E-state index in [2.05, 4.69) is 24.4 Å². The lowest BCUT2D eigenvalue weighted by atomic mass is 9.94. The van der Waals surface area contributed by atoms with Crippen molar-refractivity contribution in [3.63, 3.8) is 0 Å². The van der Waals surface area contributed by atoms with Gasteiger partial charge in [0, 0.05) is 43.5 Å². The van der Waals surface area contributed by atoms with Crippen LogP contribution < -0.4 is 14.8 Å². The number of rotatable bonds is 5. The molecular formula is C20H29NO4. The van der Waals surface area contributed by atoms with E-state index >= 15 is 0 Å². The largest absolute Gasteiger partial charge is 0.497 e. The normalized spacial score (nSPS) is 27.3. The minimum atomic E-state index is -0.291. The predicted molar refractivity (Wildman–Crippen MR) is 95.1 cm³/mol. The lowest BCUT2D eigenvalue weighted by Crippen LogP contribution is -2.35. The molecule has 2 fully saturated rings. The van der Waals surface area contributed by atoms with Crippen LogP contribution in [-0.4, -0.2) is 38.3 Å². The number of nitrogens with one attached hydrogen (secondary N) is 1. The zero-order valence-corrected chi connectivity index (χ0v) is 15.3. The van der Waals surface area contributed by atoms with Crippen molar-refractivity contribution in [2.24, 2.45) is 0 Å². The highest BCUT2D eigenvalue weighted by molar-refractivity contribution is 5.49. The van der Waals surface area contributed by atoms with Crippen LogP contribution >= 0.6 is 0 Å². The summed E-state index contributed by atoms with van der Waals surface area (Å²) in [5.41, 5.74) is 2.40. The summed E-state index contributed by atoms with van der Waals surface area (Å²) >= 11 is 0. The lowest BCUT2D eigenvalue weighted by Gasteiger charge is -2.31. The summed E-state index contributed by atoms with van der Waals surface area (Å²) < 4.78 is 23.7. The van der Waals surface area contributed by atoms with Crippen LogP contribution in [0.15, 0.2) is 12.1 Å². The summed E-state index contributed by atoms with van der Waals surface area (Å²) in [6.45, 7) is 4.34. The SMILES string of the molecule is COc1cc(CNC[C@@H]2COC3(CCCCC3)O2)c2c(c1)C[C@@H](C)O2. The topological polar surface area (TPSA) is 49.0 Å². The minimum absolute atomic E-state index is 0.136. The molecule has 2 atom stereocenters. The maximum Gasteiger partial charge on any atom is 0.168 e. The molecule has 0 unspecified atom stereocenters. The van der Waals surface area contributed by atoms with Gasteiger partial charge in [0.1, 0.15) is 17.6 Å².